The van der Waals surface area contributed by atoms with Crippen molar-refractivity contribution in [3.8, 4) is 0 Å². The van der Waals surface area contributed by atoms with E-state index < -0.39 is 5.92 Å². The molecule has 0 heterocycles. The Bertz CT molecular complexity index is 449. The molecule has 0 aliphatic carbocycles. The third-order valence-electron chi connectivity index (χ3n) is 2.69. The maximum absolute atomic E-state index is 12.0. The van der Waals surface area contributed by atoms with Crippen molar-refractivity contribution in [2.24, 2.45) is 16.8 Å². The van der Waals surface area contributed by atoms with Crippen molar-refractivity contribution < 1.29 is 10.0 Å². The van der Waals surface area contributed by atoms with Crippen LogP contribution in [-0.2, 0) is 4.79 Å². The molecule has 5 nitrogen and oxygen atoms in total. The smallest absolute Gasteiger partial charge is 0.235 e. The fourth-order valence-electron chi connectivity index (χ4n) is 1.87. The van der Waals surface area contributed by atoms with Gasteiger partial charge in [-0.25, -0.2) is 0 Å². The van der Waals surface area contributed by atoms with E-state index in [0.29, 0.717) is 6.42 Å². The number of anilines is 1. The molecule has 1 rings (SSSR count). The predicted molar refractivity (Wildman–Crippen MR) is 71.7 cm³/mol. The summed E-state index contributed by atoms with van der Waals surface area (Å²) in [6.07, 6.45) is 0.479. The van der Waals surface area contributed by atoms with Crippen LogP contribution in [0.25, 0.3) is 0 Å². The van der Waals surface area contributed by atoms with Gasteiger partial charge in [0.1, 0.15) is 0 Å². The molecule has 0 radical (unpaired) electrons. The minimum absolute atomic E-state index is 0.0700. The van der Waals surface area contributed by atoms with E-state index in [4.69, 9.17) is 10.9 Å². The first kappa shape index (κ1) is 14.0. The molecule has 0 saturated heterocycles. The summed E-state index contributed by atoms with van der Waals surface area (Å²) in [5, 5.41) is 14.3. The summed E-state index contributed by atoms with van der Waals surface area (Å²) < 4.78 is 0. The lowest BCUT2D eigenvalue weighted by Gasteiger charge is -2.14. The number of nitrogens with two attached hydrogens (primary N) is 1. The monoisotopic (exact) mass is 249 g/mol. The lowest BCUT2D eigenvalue weighted by Crippen LogP contribution is -2.34. The second kappa shape index (κ2) is 6.05. The van der Waals surface area contributed by atoms with Gasteiger partial charge in [0, 0.05) is 5.69 Å². The van der Waals surface area contributed by atoms with Crippen LogP contribution in [0.1, 0.15) is 24.5 Å². The van der Waals surface area contributed by atoms with E-state index in [1.807, 2.05) is 39.0 Å². The molecule has 0 fully saturated rings. The highest BCUT2D eigenvalue weighted by atomic mass is 16.4. The van der Waals surface area contributed by atoms with E-state index in [2.05, 4.69) is 10.5 Å². The standard InChI is InChI=1S/C13H19N3O2/c1-4-11(12(14)16-18)13(17)15-10-6-8(2)5-9(3)7-10/h5-7,11,18H,4H2,1-3H3,(H2,14,16)(H,15,17). The molecule has 1 aromatic carbocycles. The van der Waals surface area contributed by atoms with E-state index in [1.54, 1.807) is 0 Å². The summed E-state index contributed by atoms with van der Waals surface area (Å²) >= 11 is 0. The molecular weight excluding hydrogens is 230 g/mol. The zero-order valence-electron chi connectivity index (χ0n) is 10.9. The van der Waals surface area contributed by atoms with Gasteiger partial charge in [0.2, 0.25) is 5.91 Å². The molecule has 5 heteroatoms. The average Bonchev–Trinajstić information content (AvgIpc) is 2.28. The van der Waals surface area contributed by atoms with Crippen molar-refractivity contribution in [1.29, 1.82) is 0 Å². The lowest BCUT2D eigenvalue weighted by molar-refractivity contribution is -0.118. The summed E-state index contributed by atoms with van der Waals surface area (Å²) in [7, 11) is 0. The highest BCUT2D eigenvalue weighted by molar-refractivity contribution is 6.07. The van der Waals surface area contributed by atoms with Crippen LogP contribution in [0.5, 0.6) is 0 Å². The van der Waals surface area contributed by atoms with Gasteiger partial charge < -0.3 is 16.3 Å². The van der Waals surface area contributed by atoms with Gasteiger partial charge in [-0.15, -0.1) is 0 Å². The van der Waals surface area contributed by atoms with E-state index in [1.165, 1.54) is 0 Å². The Hall–Kier alpha value is -2.04. The Balaban J connectivity index is 2.86. The molecule has 0 bridgehead atoms. The lowest BCUT2D eigenvalue weighted by atomic mass is 10.0. The van der Waals surface area contributed by atoms with Gasteiger partial charge in [-0.2, -0.15) is 0 Å². The third kappa shape index (κ3) is 3.48. The van der Waals surface area contributed by atoms with Crippen LogP contribution >= 0.6 is 0 Å². The number of aryl methyl sites for hydroxylation is 2. The number of nitrogens with one attached hydrogen (secondary N) is 1. The maximum Gasteiger partial charge on any atom is 0.235 e. The Morgan fingerprint density at radius 1 is 1.39 bits per heavy atom. The highest BCUT2D eigenvalue weighted by Gasteiger charge is 2.21. The summed E-state index contributed by atoms with van der Waals surface area (Å²) in [4.78, 5) is 12.0. The average molecular weight is 249 g/mol. The van der Waals surface area contributed by atoms with Crippen molar-refractivity contribution in [1.82, 2.24) is 0 Å². The number of hydrogen-bond donors (Lipinski definition) is 3. The number of oxime groups is 1. The van der Waals surface area contributed by atoms with Gasteiger partial charge >= 0.3 is 0 Å². The number of benzene rings is 1. The fourth-order valence-corrected chi connectivity index (χ4v) is 1.87. The minimum Gasteiger partial charge on any atom is -0.409 e. The maximum atomic E-state index is 12.0. The van der Waals surface area contributed by atoms with Crippen LogP contribution < -0.4 is 11.1 Å². The highest BCUT2D eigenvalue weighted by Crippen LogP contribution is 2.15. The topological polar surface area (TPSA) is 87.7 Å². The molecule has 0 aliphatic heterocycles. The zero-order valence-corrected chi connectivity index (χ0v) is 10.9. The zero-order chi connectivity index (χ0) is 13.7. The number of amides is 1. The third-order valence-corrected chi connectivity index (χ3v) is 2.69. The number of rotatable bonds is 4. The van der Waals surface area contributed by atoms with E-state index in [-0.39, 0.29) is 11.7 Å². The molecule has 18 heavy (non-hydrogen) atoms. The second-order valence-corrected chi connectivity index (χ2v) is 4.35. The van der Waals surface area contributed by atoms with Crippen molar-refractivity contribution in [2.45, 2.75) is 27.2 Å². The molecule has 1 amide bonds. The molecular formula is C13H19N3O2. The molecule has 0 spiro atoms. The molecule has 0 aliphatic rings. The van der Waals surface area contributed by atoms with Crippen LogP contribution in [0.4, 0.5) is 5.69 Å². The van der Waals surface area contributed by atoms with Gasteiger partial charge in [-0.1, -0.05) is 18.1 Å². The van der Waals surface area contributed by atoms with E-state index >= 15 is 0 Å². The Morgan fingerprint density at radius 2 is 1.94 bits per heavy atom. The van der Waals surface area contributed by atoms with Gasteiger partial charge in [0.05, 0.1) is 5.92 Å². The van der Waals surface area contributed by atoms with E-state index in [9.17, 15) is 4.79 Å². The number of carbonyl (C=O) groups excluding carboxylic acids is 1. The fraction of sp³-hybridized carbons (Fsp3) is 0.385. The predicted octanol–water partition coefficient (Wildman–Crippen LogP) is 2.01. The van der Waals surface area contributed by atoms with Crippen molar-refractivity contribution in [3.63, 3.8) is 0 Å². The van der Waals surface area contributed by atoms with E-state index in [0.717, 1.165) is 16.8 Å². The summed E-state index contributed by atoms with van der Waals surface area (Å²) in [6, 6.07) is 5.78. The quantitative estimate of drug-likeness (QED) is 0.330. The molecule has 4 N–H and O–H groups in total. The van der Waals surface area contributed by atoms with Crippen LogP contribution in [0.3, 0.4) is 0 Å². The summed E-state index contributed by atoms with van der Waals surface area (Å²) in [6.45, 7) is 5.73. The SMILES string of the molecule is CCC(C(=O)Nc1cc(C)cc(C)c1)/C(N)=N/O. The van der Waals surface area contributed by atoms with Gasteiger partial charge in [-0.05, 0) is 43.5 Å². The molecule has 1 atom stereocenters. The second-order valence-electron chi connectivity index (χ2n) is 4.35. The van der Waals surface area contributed by atoms with Crippen molar-refractivity contribution in [2.75, 3.05) is 5.32 Å². The molecule has 0 aromatic heterocycles. The minimum atomic E-state index is -0.615. The number of hydrogen-bond acceptors (Lipinski definition) is 3. The largest absolute Gasteiger partial charge is 0.409 e. The normalized spacial score (nSPS) is 13.2. The number of amidine groups is 1. The van der Waals surface area contributed by atoms with Crippen molar-refractivity contribution >= 4 is 17.4 Å². The van der Waals surface area contributed by atoms with Crippen LogP contribution in [0, 0.1) is 19.8 Å². The van der Waals surface area contributed by atoms with Gasteiger partial charge in [-0.3, -0.25) is 4.79 Å². The van der Waals surface area contributed by atoms with Crippen molar-refractivity contribution in [3.05, 3.63) is 29.3 Å². The molecule has 1 aromatic rings. The Labute approximate surface area is 107 Å². The first-order chi connectivity index (χ1) is 8.47. The van der Waals surface area contributed by atoms with Crippen LogP contribution in [0.15, 0.2) is 23.4 Å². The van der Waals surface area contributed by atoms with Gasteiger partial charge in [0.15, 0.2) is 5.84 Å². The van der Waals surface area contributed by atoms with Crippen LogP contribution in [0.2, 0.25) is 0 Å². The molecule has 98 valence electrons. The van der Waals surface area contributed by atoms with Gasteiger partial charge in [0.25, 0.3) is 0 Å². The van der Waals surface area contributed by atoms with Crippen LogP contribution in [-0.4, -0.2) is 17.0 Å². The molecule has 0 saturated carbocycles. The summed E-state index contributed by atoms with van der Waals surface area (Å²) in [5.41, 5.74) is 8.35. The Kier molecular flexibility index (Phi) is 4.71. The molecule has 1 unspecified atom stereocenters. The number of nitrogens with zero attached hydrogens (tertiary/aromatic N) is 1. The first-order valence-electron chi connectivity index (χ1n) is 5.84. The number of carbonyl (C=O) groups is 1. The Morgan fingerprint density at radius 3 is 2.39 bits per heavy atom. The first-order valence-corrected chi connectivity index (χ1v) is 5.84. The summed E-state index contributed by atoms with van der Waals surface area (Å²) in [5.74, 6) is -0.951.